The maximum absolute atomic E-state index is 11.6. The number of amides is 2. The monoisotopic (exact) mass is 306 g/mol. The number of carboxylic acid groups (broad SMARTS) is 2. The van der Waals surface area contributed by atoms with Crippen molar-refractivity contribution < 1.29 is 34.7 Å². The number of carbonyl (C=O) groups excluding carboxylic acids is 1. The Morgan fingerprint density at radius 3 is 1.95 bits per heavy atom. The number of nitrogens with one attached hydrogen (secondary N) is 2. The third kappa shape index (κ3) is 8.82. The summed E-state index contributed by atoms with van der Waals surface area (Å²) in [6.45, 7) is 1.70. The Balaban J connectivity index is 4.38. The Hall–Kier alpha value is -1.87. The normalized spacial score (nSPS) is 13.2. The van der Waals surface area contributed by atoms with Crippen molar-refractivity contribution in [2.24, 2.45) is 0 Å². The predicted molar refractivity (Wildman–Crippen MR) is 71.9 cm³/mol. The summed E-state index contributed by atoms with van der Waals surface area (Å²) in [6, 6.07) is -3.23. The molecule has 2 atom stereocenters. The summed E-state index contributed by atoms with van der Waals surface area (Å²) in [5.74, 6) is -2.48. The molecule has 9 nitrogen and oxygen atoms in total. The molecule has 0 saturated heterocycles. The van der Waals surface area contributed by atoms with Crippen LogP contribution in [0, 0.1) is 0 Å². The number of urea groups is 1. The standard InChI is InChI=1S/C12H22N2O7/c1-2-3-4-5-8(10(15)16)13-12(19)14-9(11(17)18)6-7-21-20/h8-9,20H,2-7H2,1H3,(H,15,16)(H,17,18)(H2,13,14,19). The van der Waals surface area contributed by atoms with Crippen molar-refractivity contribution in [1.82, 2.24) is 10.6 Å². The van der Waals surface area contributed by atoms with Crippen molar-refractivity contribution in [2.45, 2.75) is 51.1 Å². The molecule has 0 radical (unpaired) electrons. The van der Waals surface area contributed by atoms with Gasteiger partial charge < -0.3 is 20.8 Å². The zero-order valence-corrected chi connectivity index (χ0v) is 11.9. The van der Waals surface area contributed by atoms with Crippen LogP contribution in [0.2, 0.25) is 0 Å². The molecular formula is C12H22N2O7. The fourth-order valence-corrected chi connectivity index (χ4v) is 1.64. The first-order chi connectivity index (χ1) is 9.92. The van der Waals surface area contributed by atoms with Gasteiger partial charge in [0, 0.05) is 6.42 Å². The Kier molecular flexibility index (Phi) is 9.90. The van der Waals surface area contributed by atoms with E-state index in [2.05, 4.69) is 15.5 Å². The van der Waals surface area contributed by atoms with Crippen LogP contribution in [0.5, 0.6) is 0 Å². The average Bonchev–Trinajstić information content (AvgIpc) is 2.42. The van der Waals surface area contributed by atoms with Crippen LogP contribution >= 0.6 is 0 Å². The molecule has 21 heavy (non-hydrogen) atoms. The lowest BCUT2D eigenvalue weighted by molar-refractivity contribution is -0.243. The second kappa shape index (κ2) is 10.9. The van der Waals surface area contributed by atoms with Gasteiger partial charge >= 0.3 is 18.0 Å². The van der Waals surface area contributed by atoms with E-state index in [9.17, 15) is 14.4 Å². The molecule has 0 aromatic carbocycles. The summed E-state index contributed by atoms with van der Waals surface area (Å²) in [5, 5.41) is 30.4. The molecule has 0 bridgehead atoms. The highest BCUT2D eigenvalue weighted by Crippen LogP contribution is 2.04. The molecule has 0 heterocycles. The number of hydrogen-bond acceptors (Lipinski definition) is 5. The molecule has 0 saturated carbocycles. The van der Waals surface area contributed by atoms with Gasteiger partial charge in [-0.25, -0.2) is 19.3 Å². The van der Waals surface area contributed by atoms with Crippen molar-refractivity contribution in [3.8, 4) is 0 Å². The molecule has 0 aliphatic heterocycles. The zero-order valence-electron chi connectivity index (χ0n) is 11.9. The van der Waals surface area contributed by atoms with Crippen molar-refractivity contribution in [1.29, 1.82) is 0 Å². The van der Waals surface area contributed by atoms with E-state index in [-0.39, 0.29) is 19.4 Å². The van der Waals surface area contributed by atoms with Gasteiger partial charge in [0.1, 0.15) is 12.1 Å². The quantitative estimate of drug-likeness (QED) is 0.214. The molecule has 0 rings (SSSR count). The van der Waals surface area contributed by atoms with Crippen LogP contribution in [0.4, 0.5) is 4.79 Å². The molecule has 0 aromatic rings. The summed E-state index contributed by atoms with van der Waals surface area (Å²) >= 11 is 0. The van der Waals surface area contributed by atoms with E-state index in [1.807, 2.05) is 6.92 Å². The molecule has 0 aliphatic rings. The van der Waals surface area contributed by atoms with Crippen molar-refractivity contribution in [3.05, 3.63) is 0 Å². The third-order valence-electron chi connectivity index (χ3n) is 2.80. The maximum atomic E-state index is 11.6. The van der Waals surface area contributed by atoms with Crippen LogP contribution in [0.25, 0.3) is 0 Å². The number of rotatable bonds is 11. The Morgan fingerprint density at radius 1 is 1.00 bits per heavy atom. The Morgan fingerprint density at radius 2 is 1.52 bits per heavy atom. The average molecular weight is 306 g/mol. The molecule has 0 aliphatic carbocycles. The summed E-state index contributed by atoms with van der Waals surface area (Å²) in [4.78, 5) is 37.3. The van der Waals surface area contributed by atoms with E-state index >= 15 is 0 Å². The van der Waals surface area contributed by atoms with E-state index in [1.165, 1.54) is 0 Å². The summed E-state index contributed by atoms with van der Waals surface area (Å²) in [5.41, 5.74) is 0. The number of hydrogen-bond donors (Lipinski definition) is 5. The zero-order chi connectivity index (χ0) is 16.3. The minimum absolute atomic E-state index is 0.146. The van der Waals surface area contributed by atoms with Crippen molar-refractivity contribution in [2.75, 3.05) is 6.61 Å². The van der Waals surface area contributed by atoms with Crippen LogP contribution in [0.15, 0.2) is 0 Å². The van der Waals surface area contributed by atoms with E-state index < -0.39 is 30.1 Å². The first kappa shape index (κ1) is 19.1. The predicted octanol–water partition coefficient (Wildman–Crippen LogP) is 0.652. The number of carbonyl (C=O) groups is 3. The van der Waals surface area contributed by atoms with Gasteiger partial charge in [0.15, 0.2) is 0 Å². The molecule has 0 aromatic heterocycles. The summed E-state index contributed by atoms with van der Waals surface area (Å²) < 4.78 is 0. The highest BCUT2D eigenvalue weighted by molar-refractivity contribution is 5.86. The van der Waals surface area contributed by atoms with Crippen LogP contribution in [-0.4, -0.2) is 52.1 Å². The molecular weight excluding hydrogens is 284 g/mol. The number of carboxylic acids is 2. The van der Waals surface area contributed by atoms with Gasteiger partial charge in [0.25, 0.3) is 0 Å². The Bertz CT molecular complexity index is 348. The van der Waals surface area contributed by atoms with Crippen molar-refractivity contribution in [3.63, 3.8) is 0 Å². The smallest absolute Gasteiger partial charge is 0.326 e. The minimum atomic E-state index is -1.31. The summed E-state index contributed by atoms with van der Waals surface area (Å²) in [7, 11) is 0. The van der Waals surface area contributed by atoms with Crippen LogP contribution in [-0.2, 0) is 14.5 Å². The largest absolute Gasteiger partial charge is 0.480 e. The van der Waals surface area contributed by atoms with Gasteiger partial charge in [-0.2, -0.15) is 0 Å². The lowest BCUT2D eigenvalue weighted by Gasteiger charge is -2.18. The fraction of sp³-hybridized carbons (Fsp3) is 0.750. The Labute approximate surface area is 122 Å². The van der Waals surface area contributed by atoms with Crippen LogP contribution in [0.1, 0.15) is 39.0 Å². The number of aliphatic carboxylic acids is 2. The summed E-state index contributed by atoms with van der Waals surface area (Å²) in [6.07, 6.45) is 2.54. The highest BCUT2D eigenvalue weighted by Gasteiger charge is 2.23. The van der Waals surface area contributed by atoms with Crippen LogP contribution < -0.4 is 10.6 Å². The van der Waals surface area contributed by atoms with Crippen molar-refractivity contribution >= 4 is 18.0 Å². The van der Waals surface area contributed by atoms with Gasteiger partial charge in [-0.1, -0.05) is 26.2 Å². The topological polar surface area (TPSA) is 145 Å². The van der Waals surface area contributed by atoms with Gasteiger partial charge in [0.2, 0.25) is 0 Å². The molecule has 0 fully saturated rings. The minimum Gasteiger partial charge on any atom is -0.480 e. The van der Waals surface area contributed by atoms with Crippen LogP contribution in [0.3, 0.4) is 0 Å². The second-order valence-corrected chi connectivity index (χ2v) is 4.52. The molecule has 2 amide bonds. The highest BCUT2D eigenvalue weighted by atomic mass is 17.1. The van der Waals surface area contributed by atoms with Gasteiger partial charge in [-0.15, -0.1) is 0 Å². The van der Waals surface area contributed by atoms with E-state index in [0.29, 0.717) is 6.42 Å². The second-order valence-electron chi connectivity index (χ2n) is 4.52. The maximum Gasteiger partial charge on any atom is 0.326 e. The molecule has 0 spiro atoms. The molecule has 5 N–H and O–H groups in total. The first-order valence-corrected chi connectivity index (χ1v) is 6.71. The number of unbranched alkanes of at least 4 members (excludes halogenated alkanes) is 2. The first-order valence-electron chi connectivity index (χ1n) is 6.71. The third-order valence-corrected chi connectivity index (χ3v) is 2.80. The lowest BCUT2D eigenvalue weighted by atomic mass is 10.1. The lowest BCUT2D eigenvalue weighted by Crippen LogP contribution is -2.51. The van der Waals surface area contributed by atoms with E-state index in [1.54, 1.807) is 0 Å². The van der Waals surface area contributed by atoms with Gasteiger partial charge in [-0.05, 0) is 6.42 Å². The molecule has 122 valence electrons. The SMILES string of the molecule is CCCCCC(NC(=O)NC(CCOO)C(=O)O)C(=O)O. The van der Waals surface area contributed by atoms with E-state index in [4.69, 9.17) is 15.5 Å². The van der Waals surface area contributed by atoms with E-state index in [0.717, 1.165) is 12.8 Å². The van der Waals surface area contributed by atoms with Gasteiger partial charge in [-0.3, -0.25) is 5.26 Å². The van der Waals surface area contributed by atoms with Gasteiger partial charge in [0.05, 0.1) is 6.61 Å². The molecule has 9 heteroatoms. The fourth-order valence-electron chi connectivity index (χ4n) is 1.64. The molecule has 2 unspecified atom stereocenters.